The number of nitrogens with zero attached hydrogens (tertiary/aromatic N) is 3. The van der Waals surface area contributed by atoms with Crippen molar-refractivity contribution in [1.82, 2.24) is 14.7 Å². The third-order valence-corrected chi connectivity index (χ3v) is 5.43. The van der Waals surface area contributed by atoms with Gasteiger partial charge in [-0.1, -0.05) is 42.5 Å². The number of aromatic nitrogens is 2. The molecule has 1 fully saturated rings. The predicted octanol–water partition coefficient (Wildman–Crippen LogP) is 3.19. The molecule has 6 nitrogen and oxygen atoms in total. The van der Waals surface area contributed by atoms with E-state index in [9.17, 15) is 9.59 Å². The minimum absolute atomic E-state index is 0.0795. The van der Waals surface area contributed by atoms with Crippen molar-refractivity contribution >= 4 is 11.8 Å². The zero-order valence-electron chi connectivity index (χ0n) is 16.4. The van der Waals surface area contributed by atoms with Crippen molar-refractivity contribution in [2.24, 2.45) is 11.7 Å². The molecule has 1 aromatic heterocycles. The number of hydrogen-bond acceptors (Lipinski definition) is 3. The lowest BCUT2D eigenvalue weighted by molar-refractivity contribution is -0.123. The average molecular weight is 388 g/mol. The van der Waals surface area contributed by atoms with E-state index in [1.54, 1.807) is 9.58 Å². The molecule has 1 aliphatic rings. The van der Waals surface area contributed by atoms with Crippen LogP contribution in [-0.4, -0.2) is 39.6 Å². The number of primary amides is 1. The number of carbonyl (C=O) groups is 2. The van der Waals surface area contributed by atoms with E-state index in [1.165, 1.54) is 0 Å². The second-order valence-corrected chi connectivity index (χ2v) is 7.50. The molecule has 6 heteroatoms. The molecular weight excluding hydrogens is 364 g/mol. The van der Waals surface area contributed by atoms with Crippen molar-refractivity contribution in [3.63, 3.8) is 0 Å². The van der Waals surface area contributed by atoms with E-state index in [0.717, 1.165) is 22.5 Å². The normalized spacial score (nSPS) is 14.7. The molecule has 0 saturated carbocycles. The van der Waals surface area contributed by atoms with Gasteiger partial charge in [0, 0.05) is 24.6 Å². The van der Waals surface area contributed by atoms with Gasteiger partial charge in [-0.3, -0.25) is 9.59 Å². The number of amides is 2. The Hall–Kier alpha value is -3.41. The van der Waals surface area contributed by atoms with E-state index in [2.05, 4.69) is 0 Å². The number of likely N-dealkylation sites (tertiary alicyclic amines) is 1. The van der Waals surface area contributed by atoms with Crippen LogP contribution in [0.2, 0.25) is 0 Å². The van der Waals surface area contributed by atoms with Crippen LogP contribution < -0.4 is 5.73 Å². The number of aryl methyl sites for hydroxylation is 1. The SMILES string of the molecule is Cc1cccc(-n2nc(-c3ccccc3)cc2C(=O)N2CCC(C(N)=O)CC2)c1. The summed E-state index contributed by atoms with van der Waals surface area (Å²) in [5.41, 5.74) is 9.60. The molecule has 0 aliphatic carbocycles. The van der Waals surface area contributed by atoms with Crippen LogP contribution in [0.15, 0.2) is 60.7 Å². The highest BCUT2D eigenvalue weighted by Gasteiger charge is 2.29. The molecule has 1 saturated heterocycles. The number of rotatable bonds is 4. The molecule has 1 aliphatic heterocycles. The Kier molecular flexibility index (Phi) is 5.16. The summed E-state index contributed by atoms with van der Waals surface area (Å²) in [7, 11) is 0. The minimum Gasteiger partial charge on any atom is -0.369 e. The lowest BCUT2D eigenvalue weighted by Gasteiger charge is -2.30. The summed E-state index contributed by atoms with van der Waals surface area (Å²) in [5.74, 6) is -0.516. The van der Waals surface area contributed by atoms with E-state index in [1.807, 2.05) is 67.6 Å². The highest BCUT2D eigenvalue weighted by molar-refractivity contribution is 5.94. The molecule has 148 valence electrons. The van der Waals surface area contributed by atoms with Crippen LogP contribution in [0.3, 0.4) is 0 Å². The number of carbonyl (C=O) groups excluding carboxylic acids is 2. The smallest absolute Gasteiger partial charge is 0.272 e. The van der Waals surface area contributed by atoms with Gasteiger partial charge < -0.3 is 10.6 Å². The van der Waals surface area contributed by atoms with Gasteiger partial charge in [-0.25, -0.2) is 4.68 Å². The van der Waals surface area contributed by atoms with Crippen LogP contribution in [0.4, 0.5) is 0 Å². The van der Waals surface area contributed by atoms with Gasteiger partial charge in [0.1, 0.15) is 5.69 Å². The first-order valence-electron chi connectivity index (χ1n) is 9.84. The van der Waals surface area contributed by atoms with Gasteiger partial charge in [0.05, 0.1) is 11.4 Å². The van der Waals surface area contributed by atoms with Gasteiger partial charge in [0.25, 0.3) is 5.91 Å². The predicted molar refractivity (Wildman–Crippen MR) is 112 cm³/mol. The monoisotopic (exact) mass is 388 g/mol. The van der Waals surface area contributed by atoms with Crippen molar-refractivity contribution in [2.75, 3.05) is 13.1 Å². The Morgan fingerprint density at radius 2 is 1.72 bits per heavy atom. The Labute approximate surface area is 169 Å². The topological polar surface area (TPSA) is 81.2 Å². The molecule has 0 bridgehead atoms. The first-order chi connectivity index (χ1) is 14.0. The standard InChI is InChI=1S/C23H24N4O2/c1-16-6-5-9-19(14-16)27-21(15-20(25-27)17-7-3-2-4-8-17)23(29)26-12-10-18(11-13-26)22(24)28/h2-9,14-15,18H,10-13H2,1H3,(H2,24,28). The van der Waals surface area contributed by atoms with Crippen LogP contribution in [-0.2, 0) is 4.79 Å². The second-order valence-electron chi connectivity index (χ2n) is 7.50. The first kappa shape index (κ1) is 18.9. The maximum absolute atomic E-state index is 13.3. The maximum atomic E-state index is 13.3. The number of benzene rings is 2. The fourth-order valence-corrected chi connectivity index (χ4v) is 3.77. The third kappa shape index (κ3) is 3.92. The first-order valence-corrected chi connectivity index (χ1v) is 9.84. The highest BCUT2D eigenvalue weighted by atomic mass is 16.2. The van der Waals surface area contributed by atoms with Crippen molar-refractivity contribution in [3.05, 3.63) is 71.9 Å². The lowest BCUT2D eigenvalue weighted by atomic mass is 9.96. The van der Waals surface area contributed by atoms with Gasteiger partial charge in [-0.15, -0.1) is 0 Å². The molecule has 0 atom stereocenters. The van der Waals surface area contributed by atoms with Gasteiger partial charge in [-0.05, 0) is 43.5 Å². The summed E-state index contributed by atoms with van der Waals surface area (Å²) in [5, 5.41) is 4.75. The van der Waals surface area contributed by atoms with Gasteiger partial charge >= 0.3 is 0 Å². The molecule has 2 aromatic carbocycles. The lowest BCUT2D eigenvalue weighted by Crippen LogP contribution is -2.42. The molecule has 2 heterocycles. The molecule has 0 radical (unpaired) electrons. The van der Waals surface area contributed by atoms with E-state index >= 15 is 0 Å². The molecule has 3 aromatic rings. The largest absolute Gasteiger partial charge is 0.369 e. The zero-order valence-corrected chi connectivity index (χ0v) is 16.4. The summed E-state index contributed by atoms with van der Waals surface area (Å²) in [4.78, 5) is 26.6. The third-order valence-electron chi connectivity index (χ3n) is 5.43. The molecule has 4 rings (SSSR count). The summed E-state index contributed by atoms with van der Waals surface area (Å²) >= 11 is 0. The Balaban J connectivity index is 1.70. The van der Waals surface area contributed by atoms with Crippen molar-refractivity contribution < 1.29 is 9.59 Å². The fraction of sp³-hybridized carbons (Fsp3) is 0.261. The molecule has 29 heavy (non-hydrogen) atoms. The maximum Gasteiger partial charge on any atom is 0.272 e. The summed E-state index contributed by atoms with van der Waals surface area (Å²) in [6, 6.07) is 19.6. The molecule has 2 amide bonds. The summed E-state index contributed by atoms with van der Waals surface area (Å²) < 4.78 is 1.72. The Morgan fingerprint density at radius 1 is 1.00 bits per heavy atom. The Bertz CT molecular complexity index is 1030. The van der Waals surface area contributed by atoms with Crippen LogP contribution in [0, 0.1) is 12.8 Å². The Morgan fingerprint density at radius 3 is 2.38 bits per heavy atom. The fourth-order valence-electron chi connectivity index (χ4n) is 3.77. The molecule has 0 unspecified atom stereocenters. The van der Waals surface area contributed by atoms with Crippen LogP contribution in [0.25, 0.3) is 16.9 Å². The van der Waals surface area contributed by atoms with E-state index in [-0.39, 0.29) is 17.7 Å². The summed E-state index contributed by atoms with van der Waals surface area (Å²) in [6.07, 6.45) is 1.20. The molecule has 0 spiro atoms. The van der Waals surface area contributed by atoms with Crippen molar-refractivity contribution in [2.45, 2.75) is 19.8 Å². The number of piperidine rings is 1. The van der Waals surface area contributed by atoms with Gasteiger partial charge in [0.2, 0.25) is 5.91 Å². The van der Waals surface area contributed by atoms with E-state index in [0.29, 0.717) is 31.6 Å². The van der Waals surface area contributed by atoms with Gasteiger partial charge in [0.15, 0.2) is 0 Å². The van der Waals surface area contributed by atoms with Crippen LogP contribution in [0.5, 0.6) is 0 Å². The minimum atomic E-state index is -0.284. The van der Waals surface area contributed by atoms with Crippen molar-refractivity contribution in [1.29, 1.82) is 0 Å². The van der Waals surface area contributed by atoms with Crippen LogP contribution >= 0.6 is 0 Å². The highest BCUT2D eigenvalue weighted by Crippen LogP contribution is 2.25. The number of nitrogens with two attached hydrogens (primary N) is 1. The average Bonchev–Trinajstić information content (AvgIpc) is 3.19. The van der Waals surface area contributed by atoms with Crippen LogP contribution in [0.1, 0.15) is 28.9 Å². The molecular formula is C23H24N4O2. The van der Waals surface area contributed by atoms with Gasteiger partial charge in [-0.2, -0.15) is 5.10 Å². The molecule has 2 N–H and O–H groups in total. The van der Waals surface area contributed by atoms with E-state index in [4.69, 9.17) is 10.8 Å². The zero-order chi connectivity index (χ0) is 20.4. The second kappa shape index (κ2) is 7.91. The number of hydrogen-bond donors (Lipinski definition) is 1. The van der Waals surface area contributed by atoms with Crippen molar-refractivity contribution in [3.8, 4) is 16.9 Å². The summed E-state index contributed by atoms with van der Waals surface area (Å²) in [6.45, 7) is 3.05. The quantitative estimate of drug-likeness (QED) is 0.745. The van der Waals surface area contributed by atoms with E-state index < -0.39 is 0 Å².